The molecule has 4 fully saturated rings. The Morgan fingerprint density at radius 3 is 1.07 bits per heavy atom. The van der Waals surface area contributed by atoms with Crippen molar-refractivity contribution in [3.05, 3.63) is 302 Å². The SMILES string of the molecule is Cc1cccc(C(=O)N2CCC3(CC2)CSC2=C(O3)c3ccccc3C(=O)C2=O)c1.O=C1C(=O)c2ccccc2C2=C1SCC1(CCCN(C(=O)c3cccc(Cl)c3)CC1)O2.O=C1C(=O)c2ccccc2C2=C1SCC1(CCN(C(=O)/C=C/c3ccccc3Cl)CC1)O2.O=C1C(=O)c2ccccc2C2=C1SCC1(CCN(C(=O)c3cccnc3)CC1)O2. The Morgan fingerprint density at radius 2 is 0.697 bits per heavy atom. The molecule has 4 saturated heterocycles. The fourth-order valence-electron chi connectivity index (χ4n) is 17.1. The summed E-state index contributed by atoms with van der Waals surface area (Å²) in [6, 6.07) is 54.0. The van der Waals surface area contributed by atoms with E-state index in [9.17, 15) is 57.5 Å². The Kier molecular flexibility index (Phi) is 23.6. The minimum Gasteiger partial charge on any atom is -0.484 e. The minimum absolute atomic E-state index is 0.0277. The van der Waals surface area contributed by atoms with Gasteiger partial charge in [0.25, 0.3) is 17.7 Å². The third-order valence-electron chi connectivity index (χ3n) is 24.0. The lowest BCUT2D eigenvalue weighted by Crippen LogP contribution is -2.50. The zero-order chi connectivity index (χ0) is 84.8. The van der Waals surface area contributed by atoms with Crippen molar-refractivity contribution in [1.82, 2.24) is 24.6 Å². The van der Waals surface area contributed by atoms with Crippen LogP contribution < -0.4 is 0 Å². The molecule has 0 radical (unpaired) electrons. The van der Waals surface area contributed by atoms with E-state index in [1.54, 1.807) is 120 Å². The molecule has 0 N–H and O–H groups in total. The van der Waals surface area contributed by atoms with Crippen molar-refractivity contribution in [3.63, 3.8) is 0 Å². The first-order valence-corrected chi connectivity index (χ1v) is 45.0. The van der Waals surface area contributed by atoms with Crippen LogP contribution in [0.15, 0.2) is 220 Å². The summed E-state index contributed by atoms with van der Waals surface area (Å²) in [7, 11) is 0. The van der Waals surface area contributed by atoms with E-state index in [1.165, 1.54) is 47.0 Å². The topological polar surface area (TPSA) is 268 Å². The van der Waals surface area contributed by atoms with Gasteiger partial charge in [-0.1, -0.05) is 162 Å². The van der Waals surface area contributed by atoms with Gasteiger partial charge >= 0.3 is 0 Å². The number of halogens is 2. The molecule has 1 unspecified atom stereocenters. The molecule has 0 saturated carbocycles. The molecule has 122 heavy (non-hydrogen) atoms. The lowest BCUT2D eigenvalue weighted by atomic mass is 9.89. The van der Waals surface area contributed by atoms with Gasteiger partial charge in [-0.25, -0.2) is 0 Å². The van der Waals surface area contributed by atoms with Crippen molar-refractivity contribution in [3.8, 4) is 0 Å². The molecule has 4 spiro atoms. The number of hydrogen-bond acceptors (Lipinski definition) is 21. The van der Waals surface area contributed by atoms with Gasteiger partial charge in [-0.2, -0.15) is 0 Å². The molecule has 8 aromatic rings. The molecule has 12 aliphatic rings. The number of likely N-dealkylation sites (tertiary alicyclic amines) is 4. The van der Waals surface area contributed by atoms with E-state index in [2.05, 4.69) is 4.98 Å². The predicted octanol–water partition coefficient (Wildman–Crippen LogP) is 16.0. The Hall–Kier alpha value is -11.2. The number of allylic oxidation sites excluding steroid dienone is 4. The van der Waals surface area contributed by atoms with Crippen LogP contribution >= 0.6 is 70.2 Å². The number of pyridine rings is 1. The molecule has 1 aromatic heterocycles. The molecule has 27 heteroatoms. The second kappa shape index (κ2) is 34.6. The molecule has 618 valence electrons. The van der Waals surface area contributed by atoms with Gasteiger partial charge < -0.3 is 38.5 Å². The second-order valence-corrected chi connectivity index (χ2v) is 36.6. The number of nitrogens with zero attached hydrogens (tertiary/aromatic N) is 5. The lowest BCUT2D eigenvalue weighted by Gasteiger charge is -2.45. The number of piperidine rings is 3. The monoisotopic (exact) mass is 1740 g/mol. The molecule has 4 amide bonds. The van der Waals surface area contributed by atoms with Crippen LogP contribution in [0.4, 0.5) is 0 Å². The number of aromatic nitrogens is 1. The van der Waals surface area contributed by atoms with Gasteiger partial charge in [-0.3, -0.25) is 62.5 Å². The van der Waals surface area contributed by atoms with E-state index in [-0.39, 0.29) is 23.6 Å². The molecule has 4 aliphatic carbocycles. The van der Waals surface area contributed by atoms with E-state index in [1.807, 2.05) is 113 Å². The van der Waals surface area contributed by atoms with E-state index in [0.717, 1.165) is 24.0 Å². The molecule has 8 aliphatic heterocycles. The number of carbonyl (C=O) groups is 12. The zero-order valence-corrected chi connectivity index (χ0v) is 70.9. The molecule has 7 aromatic carbocycles. The Balaban J connectivity index is 0.000000116. The molecular formula is C95H79Cl2N5O16S4. The average Bonchev–Trinajstić information content (AvgIpc) is 0.841. The van der Waals surface area contributed by atoms with Gasteiger partial charge in [-0.05, 0) is 79.9 Å². The molecule has 9 heterocycles. The first kappa shape index (κ1) is 83.1. The van der Waals surface area contributed by atoms with Crippen molar-refractivity contribution < 1.29 is 76.5 Å². The molecule has 1 atom stereocenters. The van der Waals surface area contributed by atoms with E-state index >= 15 is 0 Å². The number of benzene rings is 7. The number of ketones is 8. The van der Waals surface area contributed by atoms with Gasteiger partial charge in [0.2, 0.25) is 52.2 Å². The highest BCUT2D eigenvalue weighted by molar-refractivity contribution is 8.05. The van der Waals surface area contributed by atoms with E-state index < -0.39 is 68.7 Å². The summed E-state index contributed by atoms with van der Waals surface area (Å²) in [4.78, 5) is 164. The van der Waals surface area contributed by atoms with Crippen LogP contribution in [0.5, 0.6) is 0 Å². The van der Waals surface area contributed by atoms with Crippen LogP contribution in [-0.2, 0) is 42.9 Å². The summed E-state index contributed by atoms with van der Waals surface area (Å²) in [6.07, 6.45) is 12.8. The maximum Gasteiger partial charge on any atom is 0.255 e. The van der Waals surface area contributed by atoms with Gasteiger partial charge in [0.1, 0.15) is 65.1 Å². The standard InChI is InChI=1S/C25H20ClNO4S.C24H20ClNO4S.C24H21NO4S.C22H18N2O4S/c26-19-8-4-1-5-16(19)9-10-20(28)27-13-11-25(12-14-27)15-32-24-22(30)21(29)17-6-2-3-7-18(17)23(24)31-25;25-16-6-3-5-15(13-16)23(29)26-11-4-9-24(10-12-26)14-31-22-20(28)19(27)17-7-1-2-8-18(17)21(22)30-24;1-15-5-4-6-16(13-15)23(28)25-11-9-24(10-12-25)14-30-22-20(27)19(26)17-7-2-3-8-18(17)21(22)29-24;25-17-15-5-1-2-6-16(15)19-20(18(17)26)29-13-22(28-19)7-10-24(11-8-22)21(27)14-4-3-9-23-12-14/h1-10H,11-15H2;1-3,5-8,13H,4,9-12,14H2;2-8,13H,9-12,14H2,1H3;1-6,9,12H,7-8,10-11,13H2/b10-9+;;;. The van der Waals surface area contributed by atoms with E-state index in [0.29, 0.717) is 234 Å². The summed E-state index contributed by atoms with van der Waals surface area (Å²) < 4.78 is 25.9. The largest absolute Gasteiger partial charge is 0.484 e. The normalized spacial score (nSPS) is 20.8. The van der Waals surface area contributed by atoms with E-state index in [4.69, 9.17) is 42.1 Å². The first-order chi connectivity index (χ1) is 59.0. The summed E-state index contributed by atoms with van der Waals surface area (Å²) in [5, 5.41) is 1.14. The minimum atomic E-state index is -0.490. The fraction of sp³-hybridized carbons (Fsp3) is 0.274. The highest BCUT2D eigenvalue weighted by Crippen LogP contribution is 2.53. The number of rotatable bonds is 5. The average molecular weight is 1750 g/mol. The van der Waals surface area contributed by atoms with Crippen molar-refractivity contribution >= 4 is 169 Å². The summed E-state index contributed by atoms with van der Waals surface area (Å²) in [5.41, 5.74) is 6.29. The maximum atomic E-state index is 13.0. The number of aryl methyl sites for hydroxylation is 1. The number of thioether (sulfide) groups is 4. The lowest BCUT2D eigenvalue weighted by molar-refractivity contribution is -0.129. The first-order valence-electron chi connectivity index (χ1n) is 40.3. The number of ether oxygens (including phenoxy) is 4. The van der Waals surface area contributed by atoms with Crippen LogP contribution in [0.25, 0.3) is 29.1 Å². The van der Waals surface area contributed by atoms with Gasteiger partial charge in [0, 0.05) is 204 Å². The number of Topliss-reactive ketones (excluding diaryl/α,β-unsaturated/α-hetero) is 8. The molecule has 21 nitrogen and oxygen atoms in total. The van der Waals surface area contributed by atoms with Crippen molar-refractivity contribution in [2.24, 2.45) is 0 Å². The summed E-state index contributed by atoms with van der Waals surface area (Å²) in [6.45, 7) is 6.65. The Morgan fingerprint density at radius 1 is 0.361 bits per heavy atom. The van der Waals surface area contributed by atoms with Gasteiger partial charge in [-0.15, -0.1) is 47.0 Å². The third-order valence-corrected chi connectivity index (χ3v) is 29.9. The number of carbonyl (C=O) groups excluding carboxylic acids is 12. The quantitative estimate of drug-likeness (QED) is 0.114. The van der Waals surface area contributed by atoms with Gasteiger partial charge in [0.05, 0.1) is 5.56 Å². The third kappa shape index (κ3) is 16.4. The van der Waals surface area contributed by atoms with Crippen LogP contribution in [-0.4, -0.2) is 192 Å². The Labute approximate surface area is 730 Å². The van der Waals surface area contributed by atoms with Crippen molar-refractivity contribution in [1.29, 1.82) is 0 Å². The second-order valence-electron chi connectivity index (χ2n) is 31.8. The Bertz CT molecular complexity index is 5930. The number of amides is 4. The smallest absolute Gasteiger partial charge is 0.255 e. The summed E-state index contributed by atoms with van der Waals surface area (Å²) in [5.74, 6) is 0.576. The predicted molar refractivity (Wildman–Crippen MR) is 469 cm³/mol. The molecular weight excluding hydrogens is 1670 g/mol. The molecule has 0 bridgehead atoms. The number of fused-ring (bicyclic) bond motifs is 8. The van der Waals surface area contributed by atoms with Crippen LogP contribution in [0.2, 0.25) is 10.0 Å². The van der Waals surface area contributed by atoms with Crippen molar-refractivity contribution in [2.45, 2.75) is 87.1 Å². The molecule has 20 rings (SSSR count). The van der Waals surface area contributed by atoms with Crippen LogP contribution in [0.1, 0.15) is 164 Å². The number of hydrogen-bond donors (Lipinski definition) is 0. The maximum absolute atomic E-state index is 13.0. The zero-order valence-electron chi connectivity index (χ0n) is 66.1. The van der Waals surface area contributed by atoms with Crippen LogP contribution in [0.3, 0.4) is 0 Å². The highest BCUT2D eigenvalue weighted by atomic mass is 35.5. The fourth-order valence-corrected chi connectivity index (χ4v) is 22.5. The van der Waals surface area contributed by atoms with Crippen molar-refractivity contribution in [2.75, 3.05) is 75.4 Å². The summed E-state index contributed by atoms with van der Waals surface area (Å²) >= 11 is 17.8. The highest BCUT2D eigenvalue weighted by Gasteiger charge is 2.52. The van der Waals surface area contributed by atoms with Gasteiger partial charge in [0.15, 0.2) is 0 Å². The van der Waals surface area contributed by atoms with Crippen LogP contribution in [0, 0.1) is 6.92 Å².